The highest BCUT2D eigenvalue weighted by Crippen LogP contribution is 2.53. The SMILES string of the molecule is CN[C@@H](C)C(=O)N[C@H]1CCSC2CC(C)(C)[C@@H](C(=O)N[C@H]3c4ccccc4CC[C@H]3C(N)=O)C2C1=O. The molecule has 3 aliphatic rings. The smallest absolute Gasteiger partial charge is 0.237 e. The van der Waals surface area contributed by atoms with Crippen molar-refractivity contribution in [3.05, 3.63) is 35.4 Å². The first-order chi connectivity index (χ1) is 17.0. The molecule has 3 amide bonds. The van der Waals surface area contributed by atoms with Gasteiger partial charge in [-0.15, -0.1) is 0 Å². The number of hydrogen-bond donors (Lipinski definition) is 4. The van der Waals surface area contributed by atoms with E-state index in [1.54, 1.807) is 25.7 Å². The zero-order valence-electron chi connectivity index (χ0n) is 21.5. The zero-order valence-corrected chi connectivity index (χ0v) is 22.3. The summed E-state index contributed by atoms with van der Waals surface area (Å²) in [6, 6.07) is 6.27. The van der Waals surface area contributed by atoms with E-state index in [2.05, 4.69) is 16.0 Å². The van der Waals surface area contributed by atoms with Crippen LogP contribution in [-0.4, -0.2) is 53.6 Å². The number of nitrogens with one attached hydrogen (secondary N) is 3. The van der Waals surface area contributed by atoms with E-state index in [1.165, 1.54) is 0 Å². The molecule has 0 aromatic heterocycles. The van der Waals surface area contributed by atoms with Crippen molar-refractivity contribution in [3.8, 4) is 0 Å². The molecule has 36 heavy (non-hydrogen) atoms. The van der Waals surface area contributed by atoms with Gasteiger partial charge in [0.25, 0.3) is 0 Å². The predicted octanol–water partition coefficient (Wildman–Crippen LogP) is 1.72. The summed E-state index contributed by atoms with van der Waals surface area (Å²) in [6.45, 7) is 5.83. The molecule has 1 aromatic carbocycles. The van der Waals surface area contributed by atoms with Crippen LogP contribution in [0, 0.1) is 23.2 Å². The van der Waals surface area contributed by atoms with Crippen LogP contribution < -0.4 is 21.7 Å². The molecule has 2 fully saturated rings. The van der Waals surface area contributed by atoms with Crippen molar-refractivity contribution >= 4 is 35.3 Å². The summed E-state index contributed by atoms with van der Waals surface area (Å²) in [6.07, 6.45) is 2.59. The molecule has 0 bridgehead atoms. The van der Waals surface area contributed by atoms with Gasteiger partial charge in [-0.05, 0) is 61.9 Å². The molecule has 5 N–H and O–H groups in total. The number of benzene rings is 1. The van der Waals surface area contributed by atoms with Crippen LogP contribution in [0.4, 0.5) is 0 Å². The summed E-state index contributed by atoms with van der Waals surface area (Å²) in [7, 11) is 1.70. The fourth-order valence-corrected chi connectivity index (χ4v) is 7.99. The van der Waals surface area contributed by atoms with E-state index in [1.807, 2.05) is 38.1 Å². The number of likely N-dealkylation sites (N-methyl/N-ethyl adjacent to an activating group) is 1. The number of carbonyl (C=O) groups excluding carboxylic acids is 4. The van der Waals surface area contributed by atoms with Crippen LogP contribution >= 0.6 is 11.8 Å². The van der Waals surface area contributed by atoms with Crippen LogP contribution in [-0.2, 0) is 25.6 Å². The number of rotatable bonds is 6. The summed E-state index contributed by atoms with van der Waals surface area (Å²) >= 11 is 1.73. The molecular formula is C27H38N4O4S. The van der Waals surface area contributed by atoms with Gasteiger partial charge in [0.1, 0.15) is 0 Å². The van der Waals surface area contributed by atoms with Crippen LogP contribution in [0.5, 0.6) is 0 Å². The van der Waals surface area contributed by atoms with E-state index in [0.717, 1.165) is 29.7 Å². The quantitative estimate of drug-likeness (QED) is 0.457. The third kappa shape index (κ3) is 5.05. The normalized spacial score (nSPS) is 31.9. The minimum atomic E-state index is -0.617. The van der Waals surface area contributed by atoms with E-state index in [0.29, 0.717) is 12.8 Å². The van der Waals surface area contributed by atoms with Crippen molar-refractivity contribution in [2.24, 2.45) is 28.9 Å². The Kier molecular flexibility index (Phi) is 7.80. The van der Waals surface area contributed by atoms with Gasteiger partial charge in [-0.1, -0.05) is 38.1 Å². The number of nitrogens with two attached hydrogens (primary N) is 1. The molecule has 9 heteroatoms. The van der Waals surface area contributed by atoms with Crippen molar-refractivity contribution < 1.29 is 19.2 Å². The largest absolute Gasteiger partial charge is 0.369 e. The van der Waals surface area contributed by atoms with Gasteiger partial charge in [-0.3, -0.25) is 19.2 Å². The molecule has 2 unspecified atom stereocenters. The second-order valence-corrected chi connectivity index (χ2v) is 12.4. The summed E-state index contributed by atoms with van der Waals surface area (Å²) in [5.41, 5.74) is 7.36. The zero-order chi connectivity index (χ0) is 26.2. The first kappa shape index (κ1) is 26.7. The second-order valence-electron chi connectivity index (χ2n) is 11.1. The number of aryl methyl sites for hydroxylation is 1. The molecule has 0 spiro atoms. The van der Waals surface area contributed by atoms with Crippen molar-refractivity contribution in [1.82, 2.24) is 16.0 Å². The van der Waals surface area contributed by atoms with Gasteiger partial charge in [-0.25, -0.2) is 0 Å². The molecule has 8 nitrogen and oxygen atoms in total. The highest BCUT2D eigenvalue weighted by Gasteiger charge is 2.57. The Morgan fingerprint density at radius 1 is 1.14 bits per heavy atom. The van der Waals surface area contributed by atoms with Gasteiger partial charge in [0, 0.05) is 11.2 Å². The Bertz CT molecular complexity index is 1040. The fraction of sp³-hybridized carbons (Fsp3) is 0.630. The summed E-state index contributed by atoms with van der Waals surface area (Å²) in [5, 5.41) is 9.00. The first-order valence-corrected chi connectivity index (χ1v) is 13.9. The third-order valence-electron chi connectivity index (χ3n) is 8.34. The predicted molar refractivity (Wildman–Crippen MR) is 140 cm³/mol. The lowest BCUT2D eigenvalue weighted by Crippen LogP contribution is -2.52. The van der Waals surface area contributed by atoms with Crippen LogP contribution in [0.3, 0.4) is 0 Å². The lowest BCUT2D eigenvalue weighted by atomic mass is 9.74. The number of amides is 3. The van der Waals surface area contributed by atoms with E-state index in [4.69, 9.17) is 5.73 Å². The van der Waals surface area contributed by atoms with Gasteiger partial charge in [0.2, 0.25) is 17.7 Å². The van der Waals surface area contributed by atoms with Gasteiger partial charge < -0.3 is 21.7 Å². The van der Waals surface area contributed by atoms with E-state index in [9.17, 15) is 19.2 Å². The number of carbonyl (C=O) groups is 4. The average molecular weight is 515 g/mol. The van der Waals surface area contributed by atoms with E-state index < -0.39 is 47.2 Å². The fourth-order valence-electron chi connectivity index (χ4n) is 6.27. The molecule has 2 aliphatic carbocycles. The number of primary amides is 1. The van der Waals surface area contributed by atoms with Crippen LogP contribution in [0.15, 0.2) is 24.3 Å². The summed E-state index contributed by atoms with van der Waals surface area (Å²) in [4.78, 5) is 52.7. The summed E-state index contributed by atoms with van der Waals surface area (Å²) in [5.74, 6) is -1.76. The first-order valence-electron chi connectivity index (χ1n) is 12.9. The highest BCUT2D eigenvalue weighted by molar-refractivity contribution is 7.99. The number of Topliss-reactive ketones (excluding diaryl/α,β-unsaturated/α-hetero) is 1. The molecular weight excluding hydrogens is 476 g/mol. The molecule has 1 aromatic rings. The number of fused-ring (bicyclic) bond motifs is 2. The number of ketones is 1. The maximum absolute atomic E-state index is 14.0. The Hall–Kier alpha value is -2.39. The second kappa shape index (κ2) is 10.5. The van der Waals surface area contributed by atoms with Crippen LogP contribution in [0.2, 0.25) is 0 Å². The van der Waals surface area contributed by atoms with Crippen molar-refractivity contribution in [1.29, 1.82) is 0 Å². The average Bonchev–Trinajstić information content (AvgIpc) is 3.03. The van der Waals surface area contributed by atoms with Crippen LogP contribution in [0.1, 0.15) is 57.2 Å². The molecule has 1 saturated carbocycles. The third-order valence-corrected chi connectivity index (χ3v) is 9.70. The van der Waals surface area contributed by atoms with Gasteiger partial charge in [0.15, 0.2) is 5.78 Å². The Labute approximate surface area is 217 Å². The lowest BCUT2D eigenvalue weighted by molar-refractivity contribution is -0.138. The highest BCUT2D eigenvalue weighted by atomic mass is 32.2. The van der Waals surface area contributed by atoms with Crippen molar-refractivity contribution in [3.63, 3.8) is 0 Å². The monoisotopic (exact) mass is 514 g/mol. The minimum absolute atomic E-state index is 0.0115. The van der Waals surface area contributed by atoms with Gasteiger partial charge in [-0.2, -0.15) is 11.8 Å². The van der Waals surface area contributed by atoms with E-state index >= 15 is 0 Å². The molecule has 4 rings (SSSR count). The molecule has 196 valence electrons. The van der Waals surface area contributed by atoms with Crippen molar-refractivity contribution in [2.45, 2.75) is 69.8 Å². The number of hydrogen-bond acceptors (Lipinski definition) is 6. The topological polar surface area (TPSA) is 130 Å². The molecule has 7 atom stereocenters. The van der Waals surface area contributed by atoms with Crippen molar-refractivity contribution in [2.75, 3.05) is 12.8 Å². The molecule has 0 radical (unpaired) electrons. The standard InChI is InChI=1S/C27H38N4O4S/c1-14(29-4)25(34)30-18-11-12-36-19-13-27(2,3)21(20(19)23(18)32)26(35)31-22-16-8-6-5-7-15(16)9-10-17(22)24(28)33/h5-8,14,17-22,29H,9-13H2,1-4H3,(H2,28,33)(H,30,34)(H,31,35)/t14-,17+,18-,19?,20?,21+,22-/m0/s1. The number of thioether (sulfide) groups is 1. The van der Waals surface area contributed by atoms with E-state index in [-0.39, 0.29) is 22.8 Å². The Morgan fingerprint density at radius 3 is 2.56 bits per heavy atom. The molecule has 1 saturated heterocycles. The Balaban J connectivity index is 1.62. The maximum Gasteiger partial charge on any atom is 0.237 e. The maximum atomic E-state index is 14.0. The van der Waals surface area contributed by atoms with Crippen LogP contribution in [0.25, 0.3) is 0 Å². The minimum Gasteiger partial charge on any atom is -0.369 e. The Morgan fingerprint density at radius 2 is 1.86 bits per heavy atom. The lowest BCUT2D eigenvalue weighted by Gasteiger charge is -2.36. The van der Waals surface area contributed by atoms with Gasteiger partial charge >= 0.3 is 0 Å². The molecule has 1 aliphatic heterocycles. The molecule has 1 heterocycles. The van der Waals surface area contributed by atoms with Gasteiger partial charge in [0.05, 0.1) is 30.0 Å². The summed E-state index contributed by atoms with van der Waals surface area (Å²) < 4.78 is 0.